The van der Waals surface area contributed by atoms with E-state index in [1.54, 1.807) is 24.5 Å². The summed E-state index contributed by atoms with van der Waals surface area (Å²) in [4.78, 5) is 15.5. The van der Waals surface area contributed by atoms with Gasteiger partial charge in [-0.05, 0) is 25.1 Å². The number of carbonyl (C=O) groups is 1. The first kappa shape index (κ1) is 9.15. The molecule has 14 heavy (non-hydrogen) atoms. The number of carbonyl (C=O) groups excluding carboxylic acids is 1. The molecule has 0 spiro atoms. The van der Waals surface area contributed by atoms with Crippen molar-refractivity contribution in [2.75, 3.05) is 13.1 Å². The smallest absolute Gasteiger partial charge is 0.251 e. The Balaban J connectivity index is 1.95. The molecule has 2 rings (SSSR count). The second-order valence-electron chi connectivity index (χ2n) is 3.40. The molecule has 74 valence electrons. The van der Waals surface area contributed by atoms with Gasteiger partial charge in [-0.3, -0.25) is 9.78 Å². The maximum atomic E-state index is 11.6. The van der Waals surface area contributed by atoms with Crippen molar-refractivity contribution in [3.05, 3.63) is 30.1 Å². The average Bonchev–Trinajstić information content (AvgIpc) is 2.72. The molecule has 1 amide bonds. The molecule has 1 aromatic rings. The number of aromatic nitrogens is 1. The molecular formula is C10H13N3O. The van der Waals surface area contributed by atoms with Gasteiger partial charge in [-0.2, -0.15) is 0 Å². The fraction of sp³-hybridized carbons (Fsp3) is 0.400. The molecule has 0 aliphatic carbocycles. The number of hydrogen-bond donors (Lipinski definition) is 2. The standard InChI is InChI=1S/C10H13N3O/c14-10(8-1-4-11-5-2-8)13-9-3-6-12-7-9/h1-2,4-5,9,12H,3,6-7H2,(H,13,14)/t9-/m1/s1. The molecule has 4 nitrogen and oxygen atoms in total. The van der Waals surface area contributed by atoms with E-state index in [4.69, 9.17) is 0 Å². The Morgan fingerprint density at radius 1 is 1.50 bits per heavy atom. The van der Waals surface area contributed by atoms with Gasteiger partial charge in [-0.25, -0.2) is 0 Å². The lowest BCUT2D eigenvalue weighted by molar-refractivity contribution is 0.0940. The quantitative estimate of drug-likeness (QED) is 0.700. The van der Waals surface area contributed by atoms with Gasteiger partial charge in [0.15, 0.2) is 0 Å². The van der Waals surface area contributed by atoms with E-state index in [-0.39, 0.29) is 11.9 Å². The third kappa shape index (κ3) is 2.09. The van der Waals surface area contributed by atoms with Crippen molar-refractivity contribution >= 4 is 5.91 Å². The molecule has 2 heterocycles. The molecule has 0 unspecified atom stereocenters. The van der Waals surface area contributed by atoms with Crippen LogP contribution in [0.4, 0.5) is 0 Å². The Hall–Kier alpha value is -1.42. The highest BCUT2D eigenvalue weighted by molar-refractivity contribution is 5.94. The van der Waals surface area contributed by atoms with Gasteiger partial charge in [0, 0.05) is 30.5 Å². The molecule has 4 heteroatoms. The molecule has 1 aliphatic rings. The maximum absolute atomic E-state index is 11.6. The average molecular weight is 191 g/mol. The van der Waals surface area contributed by atoms with Gasteiger partial charge in [0.1, 0.15) is 0 Å². The van der Waals surface area contributed by atoms with E-state index in [2.05, 4.69) is 15.6 Å². The Morgan fingerprint density at radius 3 is 2.93 bits per heavy atom. The zero-order chi connectivity index (χ0) is 9.80. The van der Waals surface area contributed by atoms with Gasteiger partial charge < -0.3 is 10.6 Å². The van der Waals surface area contributed by atoms with Crippen LogP contribution in [0.5, 0.6) is 0 Å². The summed E-state index contributed by atoms with van der Waals surface area (Å²) >= 11 is 0. The van der Waals surface area contributed by atoms with Crippen molar-refractivity contribution < 1.29 is 4.79 Å². The van der Waals surface area contributed by atoms with Crippen molar-refractivity contribution in [2.45, 2.75) is 12.5 Å². The van der Waals surface area contributed by atoms with Crippen molar-refractivity contribution in [2.24, 2.45) is 0 Å². The lowest BCUT2D eigenvalue weighted by Gasteiger charge is -2.10. The maximum Gasteiger partial charge on any atom is 0.251 e. The Bertz CT molecular complexity index is 306. The second-order valence-corrected chi connectivity index (χ2v) is 3.40. The molecule has 1 aliphatic heterocycles. The minimum absolute atomic E-state index is 0.0129. The summed E-state index contributed by atoms with van der Waals surface area (Å²) < 4.78 is 0. The van der Waals surface area contributed by atoms with Gasteiger partial charge in [-0.1, -0.05) is 0 Å². The van der Waals surface area contributed by atoms with E-state index >= 15 is 0 Å². The van der Waals surface area contributed by atoms with Crippen LogP contribution in [0.2, 0.25) is 0 Å². The number of rotatable bonds is 2. The molecule has 1 fully saturated rings. The minimum atomic E-state index is -0.0129. The van der Waals surface area contributed by atoms with Crippen molar-refractivity contribution in [3.63, 3.8) is 0 Å². The number of nitrogens with one attached hydrogen (secondary N) is 2. The topological polar surface area (TPSA) is 54.0 Å². The highest BCUT2D eigenvalue weighted by Gasteiger charge is 2.16. The fourth-order valence-corrected chi connectivity index (χ4v) is 1.55. The van der Waals surface area contributed by atoms with Gasteiger partial charge in [-0.15, -0.1) is 0 Å². The predicted octanol–water partition coefficient (Wildman–Crippen LogP) is 0.173. The Labute approximate surface area is 82.7 Å². The summed E-state index contributed by atoms with van der Waals surface area (Å²) in [5.74, 6) is -0.0129. The van der Waals surface area contributed by atoms with E-state index in [0.29, 0.717) is 5.56 Å². The first-order chi connectivity index (χ1) is 6.86. The molecule has 0 radical (unpaired) electrons. The summed E-state index contributed by atoms with van der Waals surface area (Å²) in [6.07, 6.45) is 4.26. The van der Waals surface area contributed by atoms with Crippen LogP contribution in [0, 0.1) is 0 Å². The molecule has 0 bridgehead atoms. The lowest BCUT2D eigenvalue weighted by atomic mass is 10.2. The fourth-order valence-electron chi connectivity index (χ4n) is 1.55. The number of nitrogens with zero attached hydrogens (tertiary/aromatic N) is 1. The monoisotopic (exact) mass is 191 g/mol. The molecular weight excluding hydrogens is 178 g/mol. The zero-order valence-electron chi connectivity index (χ0n) is 7.86. The summed E-state index contributed by atoms with van der Waals surface area (Å²) in [5, 5.41) is 6.17. The van der Waals surface area contributed by atoms with Crippen LogP contribution in [-0.4, -0.2) is 30.0 Å². The van der Waals surface area contributed by atoms with E-state index in [0.717, 1.165) is 19.5 Å². The molecule has 0 aromatic carbocycles. The van der Waals surface area contributed by atoms with Crippen molar-refractivity contribution in [1.29, 1.82) is 0 Å². The first-order valence-corrected chi connectivity index (χ1v) is 4.78. The Morgan fingerprint density at radius 2 is 2.29 bits per heavy atom. The predicted molar refractivity (Wildman–Crippen MR) is 53.0 cm³/mol. The molecule has 1 saturated heterocycles. The van der Waals surface area contributed by atoms with Crippen LogP contribution in [-0.2, 0) is 0 Å². The molecule has 2 N–H and O–H groups in total. The van der Waals surface area contributed by atoms with E-state index in [1.165, 1.54) is 0 Å². The van der Waals surface area contributed by atoms with Crippen LogP contribution in [0.1, 0.15) is 16.8 Å². The zero-order valence-corrected chi connectivity index (χ0v) is 7.86. The molecule has 0 saturated carbocycles. The Kier molecular flexibility index (Phi) is 2.74. The first-order valence-electron chi connectivity index (χ1n) is 4.78. The minimum Gasteiger partial charge on any atom is -0.348 e. The van der Waals surface area contributed by atoms with Crippen LogP contribution in [0.3, 0.4) is 0 Å². The number of pyridine rings is 1. The van der Waals surface area contributed by atoms with Crippen LogP contribution in [0.25, 0.3) is 0 Å². The molecule has 1 atom stereocenters. The van der Waals surface area contributed by atoms with Gasteiger partial charge >= 0.3 is 0 Å². The SMILES string of the molecule is O=C(N[C@@H]1CCNC1)c1ccncc1. The van der Waals surface area contributed by atoms with Gasteiger partial charge in [0.05, 0.1) is 0 Å². The third-order valence-electron chi connectivity index (χ3n) is 2.34. The lowest BCUT2D eigenvalue weighted by Crippen LogP contribution is -2.36. The summed E-state index contributed by atoms with van der Waals surface area (Å²) in [5.41, 5.74) is 0.673. The third-order valence-corrected chi connectivity index (χ3v) is 2.34. The number of hydrogen-bond acceptors (Lipinski definition) is 3. The summed E-state index contributed by atoms with van der Waals surface area (Å²) in [6.45, 7) is 1.86. The normalized spacial score (nSPS) is 20.7. The van der Waals surface area contributed by atoms with Crippen LogP contribution in [0.15, 0.2) is 24.5 Å². The van der Waals surface area contributed by atoms with E-state index in [9.17, 15) is 4.79 Å². The van der Waals surface area contributed by atoms with E-state index < -0.39 is 0 Å². The largest absolute Gasteiger partial charge is 0.348 e. The molecule has 1 aromatic heterocycles. The van der Waals surface area contributed by atoms with Crippen molar-refractivity contribution in [3.8, 4) is 0 Å². The van der Waals surface area contributed by atoms with E-state index in [1.807, 2.05) is 0 Å². The highest BCUT2D eigenvalue weighted by atomic mass is 16.1. The van der Waals surface area contributed by atoms with Crippen LogP contribution >= 0.6 is 0 Å². The van der Waals surface area contributed by atoms with Gasteiger partial charge in [0.25, 0.3) is 5.91 Å². The van der Waals surface area contributed by atoms with Crippen LogP contribution < -0.4 is 10.6 Å². The summed E-state index contributed by atoms with van der Waals surface area (Å²) in [6, 6.07) is 3.71. The summed E-state index contributed by atoms with van der Waals surface area (Å²) in [7, 11) is 0. The van der Waals surface area contributed by atoms with Gasteiger partial charge in [0.2, 0.25) is 0 Å². The second kappa shape index (κ2) is 4.19. The number of amides is 1. The van der Waals surface area contributed by atoms with Crippen molar-refractivity contribution in [1.82, 2.24) is 15.6 Å². The highest BCUT2D eigenvalue weighted by Crippen LogP contribution is 2.01.